The summed E-state index contributed by atoms with van der Waals surface area (Å²) in [4.78, 5) is 24.7. The van der Waals surface area contributed by atoms with Crippen LogP contribution in [0.1, 0.15) is 29.6 Å². The average Bonchev–Trinajstić information content (AvgIpc) is 2.55. The van der Waals surface area contributed by atoms with Crippen LogP contribution in [0, 0.1) is 0 Å². The van der Waals surface area contributed by atoms with Gasteiger partial charge in [0.05, 0.1) is 10.6 Å². The highest BCUT2D eigenvalue weighted by Gasteiger charge is 2.22. The van der Waals surface area contributed by atoms with Crippen LogP contribution < -0.4 is 16.4 Å². The highest BCUT2D eigenvalue weighted by molar-refractivity contribution is 7.98. The van der Waals surface area contributed by atoms with Gasteiger partial charge in [0.1, 0.15) is 6.04 Å². The van der Waals surface area contributed by atoms with Gasteiger partial charge in [0.2, 0.25) is 5.91 Å². The number of halogens is 3. The van der Waals surface area contributed by atoms with Gasteiger partial charge in [-0.15, -0.1) is 12.4 Å². The van der Waals surface area contributed by atoms with E-state index in [4.69, 9.17) is 28.9 Å². The van der Waals surface area contributed by atoms with Crippen LogP contribution in [0.4, 0.5) is 0 Å². The minimum Gasteiger partial charge on any atom is -0.354 e. The van der Waals surface area contributed by atoms with Crippen molar-refractivity contribution in [2.24, 2.45) is 5.73 Å². The maximum Gasteiger partial charge on any atom is 0.253 e. The van der Waals surface area contributed by atoms with Gasteiger partial charge >= 0.3 is 0 Å². The van der Waals surface area contributed by atoms with E-state index in [9.17, 15) is 9.59 Å². The third-order valence-electron chi connectivity index (χ3n) is 3.34. The molecular weight excluding hydrogens is 405 g/mol. The number of hydrogen-bond acceptors (Lipinski definition) is 4. The molecule has 1 unspecified atom stereocenters. The Morgan fingerprint density at radius 3 is 2.60 bits per heavy atom. The number of rotatable bonds is 10. The van der Waals surface area contributed by atoms with Gasteiger partial charge in [-0.3, -0.25) is 9.59 Å². The lowest BCUT2D eigenvalue weighted by atomic mass is 10.1. The smallest absolute Gasteiger partial charge is 0.253 e. The Hall–Kier alpha value is -0.660. The Morgan fingerprint density at radius 2 is 2.00 bits per heavy atom. The van der Waals surface area contributed by atoms with E-state index < -0.39 is 6.04 Å². The van der Waals surface area contributed by atoms with Gasteiger partial charge in [-0.05, 0) is 56.0 Å². The molecule has 25 heavy (non-hydrogen) atoms. The number of unbranched alkanes of at least 4 members (excludes halogenated alkanes) is 1. The minimum absolute atomic E-state index is 0. The molecule has 0 fully saturated rings. The Kier molecular flexibility index (Phi) is 13.2. The zero-order valence-electron chi connectivity index (χ0n) is 14.0. The monoisotopic (exact) mass is 427 g/mol. The highest BCUT2D eigenvalue weighted by atomic mass is 35.5. The molecule has 4 N–H and O–H groups in total. The van der Waals surface area contributed by atoms with E-state index in [2.05, 4.69) is 10.6 Å². The fraction of sp³-hybridized carbons (Fsp3) is 0.500. The first kappa shape index (κ1) is 24.3. The summed E-state index contributed by atoms with van der Waals surface area (Å²) in [5, 5.41) is 6.30. The van der Waals surface area contributed by atoms with Gasteiger partial charge in [-0.25, -0.2) is 0 Å². The molecule has 1 aromatic rings. The first-order chi connectivity index (χ1) is 11.5. The summed E-state index contributed by atoms with van der Waals surface area (Å²) in [7, 11) is 0. The molecule has 0 aliphatic heterocycles. The van der Waals surface area contributed by atoms with Crippen LogP contribution in [0.3, 0.4) is 0 Å². The molecule has 0 saturated heterocycles. The second-order valence-corrected chi connectivity index (χ2v) is 7.05. The summed E-state index contributed by atoms with van der Waals surface area (Å²) in [5.74, 6) is 0.176. The van der Waals surface area contributed by atoms with Crippen molar-refractivity contribution in [3.63, 3.8) is 0 Å². The predicted molar refractivity (Wildman–Crippen MR) is 109 cm³/mol. The van der Waals surface area contributed by atoms with Gasteiger partial charge in [0, 0.05) is 11.6 Å². The lowest BCUT2D eigenvalue weighted by molar-refractivity contribution is -0.123. The number of nitrogens with two attached hydrogens (primary N) is 1. The summed E-state index contributed by atoms with van der Waals surface area (Å²) in [6.45, 7) is 1.14. The SMILES string of the molecule is CSCCC(NC(=O)c1ccc(Cl)cc1Cl)C(=O)NCCCCN.Cl. The second-order valence-electron chi connectivity index (χ2n) is 5.22. The summed E-state index contributed by atoms with van der Waals surface area (Å²) < 4.78 is 0. The number of thioether (sulfide) groups is 1. The Labute approximate surface area is 169 Å². The van der Waals surface area contributed by atoms with E-state index in [0.29, 0.717) is 30.1 Å². The second kappa shape index (κ2) is 13.5. The molecule has 0 bridgehead atoms. The molecule has 9 heteroatoms. The quantitative estimate of drug-likeness (QED) is 0.500. The summed E-state index contributed by atoms with van der Waals surface area (Å²) >= 11 is 13.5. The molecular formula is C16H24Cl3N3O2S. The fourth-order valence-electron chi connectivity index (χ4n) is 2.02. The van der Waals surface area contributed by atoms with E-state index in [-0.39, 0.29) is 29.2 Å². The lowest BCUT2D eigenvalue weighted by Crippen LogP contribution is -2.47. The van der Waals surface area contributed by atoms with Crippen LogP contribution in [0.15, 0.2) is 18.2 Å². The third-order valence-corrected chi connectivity index (χ3v) is 4.53. The van der Waals surface area contributed by atoms with E-state index in [0.717, 1.165) is 18.6 Å². The van der Waals surface area contributed by atoms with Gasteiger partial charge in [-0.1, -0.05) is 23.2 Å². The van der Waals surface area contributed by atoms with Crippen LogP contribution in [-0.4, -0.2) is 43.0 Å². The van der Waals surface area contributed by atoms with Gasteiger partial charge < -0.3 is 16.4 Å². The number of carbonyl (C=O) groups excluding carboxylic acids is 2. The Bertz CT molecular complexity index is 561. The molecule has 0 aromatic heterocycles. The molecule has 0 aliphatic carbocycles. The van der Waals surface area contributed by atoms with Crippen molar-refractivity contribution in [2.45, 2.75) is 25.3 Å². The zero-order valence-corrected chi connectivity index (χ0v) is 17.2. The third kappa shape index (κ3) is 9.01. The number of carbonyl (C=O) groups is 2. The van der Waals surface area contributed by atoms with E-state index in [1.165, 1.54) is 6.07 Å². The average molecular weight is 429 g/mol. The molecule has 0 spiro atoms. The van der Waals surface area contributed by atoms with Crippen LogP contribution >= 0.6 is 47.4 Å². The topological polar surface area (TPSA) is 84.2 Å². The number of amides is 2. The van der Waals surface area contributed by atoms with Gasteiger partial charge in [0.25, 0.3) is 5.91 Å². The molecule has 1 aromatic carbocycles. The summed E-state index contributed by atoms with van der Waals surface area (Å²) in [5.41, 5.74) is 5.73. The van der Waals surface area contributed by atoms with E-state index in [1.807, 2.05) is 6.26 Å². The molecule has 1 atom stereocenters. The van der Waals surface area contributed by atoms with E-state index in [1.54, 1.807) is 23.9 Å². The number of nitrogens with one attached hydrogen (secondary N) is 2. The standard InChI is InChI=1S/C16H23Cl2N3O2S.ClH/c1-24-9-6-14(16(23)20-8-3-2-7-19)21-15(22)12-5-4-11(17)10-13(12)18;/h4-5,10,14H,2-3,6-9,19H2,1H3,(H,20,23)(H,21,22);1H. The summed E-state index contributed by atoms with van der Waals surface area (Å²) in [6, 6.07) is 4.04. The normalized spacial score (nSPS) is 11.4. The van der Waals surface area contributed by atoms with Gasteiger partial charge in [0.15, 0.2) is 0 Å². The van der Waals surface area contributed by atoms with Crippen molar-refractivity contribution in [2.75, 3.05) is 25.1 Å². The van der Waals surface area contributed by atoms with Gasteiger partial charge in [-0.2, -0.15) is 11.8 Å². The first-order valence-electron chi connectivity index (χ1n) is 7.72. The van der Waals surface area contributed by atoms with Crippen molar-refractivity contribution >= 4 is 59.2 Å². The molecule has 2 amide bonds. The summed E-state index contributed by atoms with van der Waals surface area (Å²) in [6.07, 6.45) is 4.16. The van der Waals surface area contributed by atoms with Crippen molar-refractivity contribution in [3.05, 3.63) is 33.8 Å². The molecule has 0 heterocycles. The van der Waals surface area contributed by atoms with E-state index >= 15 is 0 Å². The van der Waals surface area contributed by atoms with Crippen molar-refractivity contribution < 1.29 is 9.59 Å². The molecule has 0 radical (unpaired) electrons. The minimum atomic E-state index is -0.602. The number of benzene rings is 1. The first-order valence-corrected chi connectivity index (χ1v) is 9.87. The maximum atomic E-state index is 12.4. The Morgan fingerprint density at radius 1 is 1.28 bits per heavy atom. The molecule has 0 saturated carbocycles. The lowest BCUT2D eigenvalue weighted by Gasteiger charge is -2.18. The largest absolute Gasteiger partial charge is 0.354 e. The molecule has 142 valence electrons. The molecule has 0 aliphatic rings. The number of hydrogen-bond donors (Lipinski definition) is 3. The van der Waals surface area contributed by atoms with Crippen molar-refractivity contribution in [3.8, 4) is 0 Å². The Balaban J connectivity index is 0.00000576. The zero-order chi connectivity index (χ0) is 17.9. The van der Waals surface area contributed by atoms with Crippen LogP contribution in [0.5, 0.6) is 0 Å². The molecule has 1 rings (SSSR count). The van der Waals surface area contributed by atoms with Crippen LogP contribution in [-0.2, 0) is 4.79 Å². The van der Waals surface area contributed by atoms with Crippen molar-refractivity contribution in [1.82, 2.24) is 10.6 Å². The van der Waals surface area contributed by atoms with Crippen LogP contribution in [0.2, 0.25) is 10.0 Å². The highest BCUT2D eigenvalue weighted by Crippen LogP contribution is 2.21. The molecule has 5 nitrogen and oxygen atoms in total. The fourth-order valence-corrected chi connectivity index (χ4v) is 2.98. The van der Waals surface area contributed by atoms with Crippen LogP contribution in [0.25, 0.3) is 0 Å². The predicted octanol–water partition coefficient (Wildman–Crippen LogP) is 3.12. The maximum absolute atomic E-state index is 12.4. The van der Waals surface area contributed by atoms with Crippen molar-refractivity contribution in [1.29, 1.82) is 0 Å².